The Bertz CT molecular complexity index is 3140. The molecule has 0 radical (unpaired) electrons. The summed E-state index contributed by atoms with van der Waals surface area (Å²) in [7, 11) is 0. The van der Waals surface area contributed by atoms with Crippen molar-refractivity contribution in [1.29, 1.82) is 0 Å². The average Bonchev–Trinajstić information content (AvgIpc) is 3.86. The minimum Gasteiger partial charge on any atom is -0.311 e. The Morgan fingerprint density at radius 1 is 0.456 bits per heavy atom. The van der Waals surface area contributed by atoms with Gasteiger partial charge >= 0.3 is 0 Å². The predicted octanol–water partition coefficient (Wildman–Crippen LogP) is 11.9. The molecule has 0 N–H and O–H groups in total. The molecule has 8 aromatic carbocycles. The maximum absolute atomic E-state index is 2.61. The third-order valence-corrected chi connectivity index (χ3v) is 14.3. The number of hydrogen-bond donors (Lipinski definition) is 0. The number of anilines is 6. The molecule has 4 heteroatoms. The highest BCUT2D eigenvalue weighted by atomic mass is 32.1. The van der Waals surface area contributed by atoms with E-state index in [1.807, 2.05) is 11.3 Å². The number of rotatable bonds is 2. The number of thiophene rings is 1. The third kappa shape index (κ3) is 3.96. The second kappa shape index (κ2) is 11.2. The van der Waals surface area contributed by atoms with E-state index >= 15 is 0 Å². The van der Waals surface area contributed by atoms with Gasteiger partial charge in [0.15, 0.2) is 0 Å². The minimum absolute atomic E-state index is 0.0887. The average molecular weight is 743 g/mol. The maximum atomic E-state index is 2.61. The lowest BCUT2D eigenvalue weighted by atomic mass is 9.36. The number of hydrogen-bond acceptors (Lipinski definition) is 3. The maximum Gasteiger partial charge on any atom is 0.264 e. The van der Waals surface area contributed by atoms with E-state index in [1.54, 1.807) is 0 Å². The van der Waals surface area contributed by atoms with Crippen LogP contribution in [-0.2, 0) is 5.41 Å². The van der Waals surface area contributed by atoms with Gasteiger partial charge < -0.3 is 9.80 Å². The molecule has 1 aromatic heterocycles. The van der Waals surface area contributed by atoms with Crippen LogP contribution in [0.3, 0.4) is 0 Å². The summed E-state index contributed by atoms with van der Waals surface area (Å²) in [5, 5.41) is 1.32. The van der Waals surface area contributed by atoms with E-state index in [4.69, 9.17) is 0 Å². The van der Waals surface area contributed by atoms with Gasteiger partial charge in [0, 0.05) is 43.3 Å². The van der Waals surface area contributed by atoms with E-state index in [1.165, 1.54) is 116 Å². The van der Waals surface area contributed by atoms with Crippen molar-refractivity contribution in [2.75, 3.05) is 9.80 Å². The molecule has 13 rings (SSSR count). The highest BCUT2D eigenvalue weighted by molar-refractivity contribution is 7.33. The Labute approximate surface area is 337 Å². The van der Waals surface area contributed by atoms with Crippen LogP contribution >= 0.6 is 11.3 Å². The number of nitrogens with zero attached hydrogens (tertiary/aromatic N) is 2. The molecule has 9 aromatic rings. The highest BCUT2D eigenvalue weighted by Gasteiger charge is 2.52. The Kier molecular flexibility index (Phi) is 6.23. The van der Waals surface area contributed by atoms with Crippen molar-refractivity contribution in [2.45, 2.75) is 19.3 Å². The van der Waals surface area contributed by atoms with Gasteiger partial charge in [-0.05, 0) is 129 Å². The summed E-state index contributed by atoms with van der Waals surface area (Å²) in [5.74, 6) is 0. The summed E-state index contributed by atoms with van der Waals surface area (Å²) in [6.45, 7) is 4.58. The molecule has 0 fully saturated rings. The van der Waals surface area contributed by atoms with Crippen molar-refractivity contribution in [3.05, 3.63) is 209 Å². The summed E-state index contributed by atoms with van der Waals surface area (Å²) in [5.41, 5.74) is 23.2. The zero-order valence-electron chi connectivity index (χ0n) is 31.6. The van der Waals surface area contributed by atoms with Crippen LogP contribution in [0.25, 0.3) is 32.3 Å². The largest absolute Gasteiger partial charge is 0.311 e. The SMILES string of the molecule is Cc1cc2c3c(c1)N(c1ccccc1)c1c(sc4cc5c(cc14)C1(c4ccccc4-c4ccccc41)c1cc(C)ccc1-5)B3c1ccccc1N2c1ccccc1. The van der Waals surface area contributed by atoms with Gasteiger partial charge in [-0.3, -0.25) is 0 Å². The Morgan fingerprint density at radius 3 is 1.75 bits per heavy atom. The topological polar surface area (TPSA) is 6.48 Å². The van der Waals surface area contributed by atoms with Crippen LogP contribution in [0.15, 0.2) is 176 Å². The molecular formula is C53H35BN2S. The lowest BCUT2D eigenvalue weighted by Crippen LogP contribution is -2.60. The second-order valence-electron chi connectivity index (χ2n) is 16.1. The number of fused-ring (bicyclic) bond motifs is 16. The van der Waals surface area contributed by atoms with E-state index in [2.05, 4.69) is 200 Å². The predicted molar refractivity (Wildman–Crippen MR) is 242 cm³/mol. The molecular weight excluding hydrogens is 707 g/mol. The van der Waals surface area contributed by atoms with Crippen molar-refractivity contribution >= 4 is 78.0 Å². The fourth-order valence-corrected chi connectivity index (χ4v) is 12.4. The monoisotopic (exact) mass is 742 g/mol. The van der Waals surface area contributed by atoms with Gasteiger partial charge in [0.05, 0.1) is 11.1 Å². The molecule has 1 spiro atoms. The summed E-state index contributed by atoms with van der Waals surface area (Å²) < 4.78 is 2.73. The van der Waals surface area contributed by atoms with Crippen molar-refractivity contribution < 1.29 is 0 Å². The van der Waals surface area contributed by atoms with Crippen molar-refractivity contribution in [2.24, 2.45) is 0 Å². The van der Waals surface area contributed by atoms with E-state index in [0.717, 1.165) is 0 Å². The van der Waals surface area contributed by atoms with Gasteiger partial charge in [0.25, 0.3) is 6.71 Å². The number of benzene rings is 8. The van der Waals surface area contributed by atoms with Crippen LogP contribution in [0.2, 0.25) is 0 Å². The van der Waals surface area contributed by atoms with Gasteiger partial charge in [-0.1, -0.05) is 127 Å². The standard InChI is InChI=1S/C53H35BN2S/c1-32-25-26-38-39-31-49-40(30-44(39)53(43(38)27-32)41-21-11-9-19-36(41)37-20-10-12-22-42(37)53)51-52(57-49)54-45-23-13-14-24-46(45)55(34-15-5-3-6-16-34)47-28-33(2)29-48(50(47)54)56(51)35-17-7-4-8-18-35/h3-31H,1-2H3. The molecule has 266 valence electrons. The first-order valence-corrected chi connectivity index (χ1v) is 20.8. The first-order valence-electron chi connectivity index (χ1n) is 20.0. The smallest absolute Gasteiger partial charge is 0.264 e. The van der Waals surface area contributed by atoms with Crippen molar-refractivity contribution in [3.8, 4) is 22.3 Å². The normalized spacial score (nSPS) is 14.5. The molecule has 2 aliphatic carbocycles. The van der Waals surface area contributed by atoms with E-state index in [0.29, 0.717) is 0 Å². The lowest BCUT2D eigenvalue weighted by Gasteiger charge is -2.43. The number of para-hydroxylation sites is 3. The van der Waals surface area contributed by atoms with Crippen LogP contribution in [0, 0.1) is 13.8 Å². The van der Waals surface area contributed by atoms with Gasteiger partial charge in [-0.2, -0.15) is 0 Å². The van der Waals surface area contributed by atoms with Gasteiger partial charge in [0.1, 0.15) is 0 Å². The first kappa shape index (κ1) is 31.6. The van der Waals surface area contributed by atoms with Gasteiger partial charge in [-0.25, -0.2) is 0 Å². The Morgan fingerprint density at radius 2 is 1.04 bits per heavy atom. The quantitative estimate of drug-likeness (QED) is 0.163. The van der Waals surface area contributed by atoms with Gasteiger partial charge in [-0.15, -0.1) is 11.3 Å². The lowest BCUT2D eigenvalue weighted by molar-refractivity contribution is 0.794. The first-order chi connectivity index (χ1) is 28.1. The molecule has 4 aliphatic rings. The molecule has 0 bridgehead atoms. The van der Waals surface area contributed by atoms with Crippen molar-refractivity contribution in [3.63, 3.8) is 0 Å². The van der Waals surface area contributed by atoms with E-state index in [-0.39, 0.29) is 6.71 Å². The zero-order chi connectivity index (χ0) is 37.6. The molecule has 2 aliphatic heterocycles. The number of aryl methyl sites for hydroxylation is 2. The minimum atomic E-state index is -0.408. The van der Waals surface area contributed by atoms with Crippen LogP contribution in [0.1, 0.15) is 33.4 Å². The van der Waals surface area contributed by atoms with Crippen LogP contribution < -0.4 is 25.5 Å². The van der Waals surface area contributed by atoms with E-state index in [9.17, 15) is 0 Å². The van der Waals surface area contributed by atoms with Gasteiger partial charge in [0.2, 0.25) is 0 Å². The van der Waals surface area contributed by atoms with Crippen LogP contribution in [0.5, 0.6) is 0 Å². The van der Waals surface area contributed by atoms with Crippen LogP contribution in [-0.4, -0.2) is 6.71 Å². The molecule has 0 atom stereocenters. The Balaban J connectivity index is 1.16. The third-order valence-electron chi connectivity index (χ3n) is 13.1. The molecule has 0 unspecified atom stereocenters. The molecule has 0 saturated carbocycles. The fraction of sp³-hybridized carbons (Fsp3) is 0.0566. The summed E-state index contributed by atoms with van der Waals surface area (Å²) >= 11 is 1.99. The molecule has 3 heterocycles. The molecule has 2 nitrogen and oxygen atoms in total. The molecule has 0 saturated heterocycles. The van der Waals surface area contributed by atoms with Crippen LogP contribution in [0.4, 0.5) is 34.1 Å². The molecule has 0 amide bonds. The Hall–Kier alpha value is -6.62. The van der Waals surface area contributed by atoms with E-state index < -0.39 is 5.41 Å². The second-order valence-corrected chi connectivity index (χ2v) is 17.2. The highest BCUT2D eigenvalue weighted by Crippen LogP contribution is 2.64. The summed E-state index contributed by atoms with van der Waals surface area (Å²) in [6.07, 6.45) is 0. The zero-order valence-corrected chi connectivity index (χ0v) is 32.4. The summed E-state index contributed by atoms with van der Waals surface area (Å²) in [4.78, 5) is 5.08. The molecule has 57 heavy (non-hydrogen) atoms. The fourth-order valence-electron chi connectivity index (χ4n) is 11.0. The summed E-state index contributed by atoms with van der Waals surface area (Å²) in [6, 6.07) is 66.5. The van der Waals surface area contributed by atoms with Crippen molar-refractivity contribution in [1.82, 2.24) is 0 Å².